The normalized spacial score (nSPS) is 19.3. The number of hydrogen-bond acceptors (Lipinski definition) is 2. The number of likely N-dealkylation sites (N-methyl/N-ethyl adjacent to an activating group) is 1. The highest BCUT2D eigenvalue weighted by molar-refractivity contribution is 6.06. The van der Waals surface area contributed by atoms with E-state index in [2.05, 4.69) is 23.5 Å². The summed E-state index contributed by atoms with van der Waals surface area (Å²) < 4.78 is 0. The number of anilines is 1. The van der Waals surface area contributed by atoms with Crippen LogP contribution in [0, 0.1) is 0 Å². The monoisotopic (exact) mass is 254 g/mol. The molecule has 19 heavy (non-hydrogen) atoms. The van der Waals surface area contributed by atoms with Crippen LogP contribution in [-0.4, -0.2) is 25.0 Å². The third-order valence-corrected chi connectivity index (χ3v) is 3.71. The number of nitrogens with zero attached hydrogens (tertiary/aromatic N) is 1. The minimum absolute atomic E-state index is 0.0241. The van der Waals surface area contributed by atoms with Crippen LogP contribution in [-0.2, 0) is 4.79 Å². The van der Waals surface area contributed by atoms with E-state index in [4.69, 9.17) is 0 Å². The Kier molecular flexibility index (Phi) is 3.22. The van der Waals surface area contributed by atoms with Gasteiger partial charge in [0.2, 0.25) is 5.91 Å². The summed E-state index contributed by atoms with van der Waals surface area (Å²) in [5.74, 6) is 0.193. The molecule has 0 saturated carbocycles. The third kappa shape index (κ3) is 2.10. The smallest absolute Gasteiger partial charge is 0.244 e. The number of carbonyl (C=O) groups is 1. The van der Waals surface area contributed by atoms with Crippen molar-refractivity contribution in [2.45, 2.75) is 19.4 Å². The standard InChI is InChI=1S/C16H18N2O/c1-2-17-14-10-11-18(16(14)19)15-9-5-7-12-6-3-4-8-13(12)15/h3-9,14,17H,2,10-11H2,1H3. The first kappa shape index (κ1) is 12.2. The predicted molar refractivity (Wildman–Crippen MR) is 78.4 cm³/mol. The molecule has 1 atom stereocenters. The minimum Gasteiger partial charge on any atom is -0.310 e. The molecular formula is C16H18N2O. The van der Waals surface area contributed by atoms with Crippen molar-refractivity contribution in [3.8, 4) is 0 Å². The number of fused-ring (bicyclic) bond motifs is 1. The van der Waals surface area contributed by atoms with Gasteiger partial charge < -0.3 is 10.2 Å². The number of carbonyl (C=O) groups excluding carboxylic acids is 1. The second-order valence-electron chi connectivity index (χ2n) is 4.89. The van der Waals surface area contributed by atoms with E-state index in [1.54, 1.807) is 0 Å². The Labute approximate surface area is 113 Å². The van der Waals surface area contributed by atoms with Gasteiger partial charge in [0.1, 0.15) is 0 Å². The molecule has 0 aromatic heterocycles. The number of benzene rings is 2. The van der Waals surface area contributed by atoms with Crippen LogP contribution in [0.15, 0.2) is 42.5 Å². The first-order chi connectivity index (χ1) is 9.31. The number of nitrogens with one attached hydrogen (secondary N) is 1. The fourth-order valence-electron chi connectivity index (χ4n) is 2.80. The summed E-state index contributed by atoms with van der Waals surface area (Å²) in [4.78, 5) is 14.3. The average Bonchev–Trinajstić information content (AvgIpc) is 2.80. The number of rotatable bonds is 3. The van der Waals surface area contributed by atoms with E-state index in [1.165, 1.54) is 5.39 Å². The molecule has 1 aliphatic rings. The van der Waals surface area contributed by atoms with E-state index in [9.17, 15) is 4.79 Å². The zero-order valence-corrected chi connectivity index (χ0v) is 11.1. The van der Waals surface area contributed by atoms with Crippen molar-refractivity contribution in [2.75, 3.05) is 18.0 Å². The van der Waals surface area contributed by atoms with E-state index in [1.807, 2.05) is 36.1 Å². The molecule has 3 nitrogen and oxygen atoms in total. The zero-order chi connectivity index (χ0) is 13.2. The van der Waals surface area contributed by atoms with Crippen molar-refractivity contribution in [2.24, 2.45) is 0 Å². The van der Waals surface area contributed by atoms with Gasteiger partial charge >= 0.3 is 0 Å². The lowest BCUT2D eigenvalue weighted by atomic mass is 10.1. The van der Waals surface area contributed by atoms with Gasteiger partial charge in [-0.1, -0.05) is 43.3 Å². The van der Waals surface area contributed by atoms with Crippen LogP contribution in [0.2, 0.25) is 0 Å². The Morgan fingerprint density at radius 3 is 2.84 bits per heavy atom. The van der Waals surface area contributed by atoms with Gasteiger partial charge in [0.05, 0.1) is 11.7 Å². The van der Waals surface area contributed by atoms with Gasteiger partial charge in [0, 0.05) is 11.9 Å². The maximum absolute atomic E-state index is 12.4. The molecule has 2 aromatic carbocycles. The van der Waals surface area contributed by atoms with Crippen molar-refractivity contribution in [3.05, 3.63) is 42.5 Å². The highest BCUT2D eigenvalue weighted by Crippen LogP contribution is 2.29. The number of hydrogen-bond donors (Lipinski definition) is 1. The van der Waals surface area contributed by atoms with Gasteiger partial charge in [-0.05, 0) is 24.4 Å². The van der Waals surface area contributed by atoms with Crippen molar-refractivity contribution < 1.29 is 4.79 Å². The van der Waals surface area contributed by atoms with E-state index in [0.29, 0.717) is 0 Å². The molecule has 3 heteroatoms. The molecule has 1 saturated heterocycles. The Hall–Kier alpha value is -1.87. The summed E-state index contributed by atoms with van der Waals surface area (Å²) in [6, 6.07) is 14.3. The number of amides is 1. The Morgan fingerprint density at radius 1 is 1.21 bits per heavy atom. The highest BCUT2D eigenvalue weighted by atomic mass is 16.2. The maximum Gasteiger partial charge on any atom is 0.244 e. The summed E-state index contributed by atoms with van der Waals surface area (Å²) >= 11 is 0. The van der Waals surface area contributed by atoms with Gasteiger partial charge in [-0.25, -0.2) is 0 Å². The largest absolute Gasteiger partial charge is 0.310 e. The molecule has 1 heterocycles. The molecule has 0 radical (unpaired) electrons. The van der Waals surface area contributed by atoms with Crippen LogP contribution in [0.1, 0.15) is 13.3 Å². The molecule has 1 amide bonds. The first-order valence-electron chi connectivity index (χ1n) is 6.84. The Bertz CT molecular complexity index is 603. The third-order valence-electron chi connectivity index (χ3n) is 3.71. The van der Waals surface area contributed by atoms with E-state index in [-0.39, 0.29) is 11.9 Å². The molecule has 1 unspecified atom stereocenters. The molecule has 1 aliphatic heterocycles. The Morgan fingerprint density at radius 2 is 2.00 bits per heavy atom. The molecule has 98 valence electrons. The van der Waals surface area contributed by atoms with Crippen molar-refractivity contribution in [3.63, 3.8) is 0 Å². The molecule has 2 aromatic rings. The van der Waals surface area contributed by atoms with Crippen LogP contribution in [0.3, 0.4) is 0 Å². The fourth-order valence-corrected chi connectivity index (χ4v) is 2.80. The second kappa shape index (κ2) is 5.02. The van der Waals surface area contributed by atoms with Gasteiger partial charge in [-0.2, -0.15) is 0 Å². The zero-order valence-electron chi connectivity index (χ0n) is 11.1. The van der Waals surface area contributed by atoms with Crippen LogP contribution in [0.5, 0.6) is 0 Å². The van der Waals surface area contributed by atoms with Crippen molar-refractivity contribution in [1.82, 2.24) is 5.32 Å². The second-order valence-corrected chi connectivity index (χ2v) is 4.89. The summed E-state index contributed by atoms with van der Waals surface area (Å²) in [6.45, 7) is 3.66. The molecule has 1 fully saturated rings. The summed E-state index contributed by atoms with van der Waals surface area (Å²) in [5, 5.41) is 5.58. The van der Waals surface area contributed by atoms with E-state index < -0.39 is 0 Å². The van der Waals surface area contributed by atoms with Gasteiger partial charge in [-0.15, -0.1) is 0 Å². The van der Waals surface area contributed by atoms with Crippen molar-refractivity contribution >= 4 is 22.4 Å². The summed E-state index contributed by atoms with van der Waals surface area (Å²) in [7, 11) is 0. The maximum atomic E-state index is 12.4. The molecule has 0 bridgehead atoms. The van der Waals surface area contributed by atoms with E-state index >= 15 is 0 Å². The summed E-state index contributed by atoms with van der Waals surface area (Å²) in [5.41, 5.74) is 1.03. The quantitative estimate of drug-likeness (QED) is 0.913. The Balaban J connectivity index is 1.99. The first-order valence-corrected chi connectivity index (χ1v) is 6.84. The lowest BCUT2D eigenvalue weighted by Gasteiger charge is -2.19. The topological polar surface area (TPSA) is 32.3 Å². The van der Waals surface area contributed by atoms with Crippen LogP contribution in [0.4, 0.5) is 5.69 Å². The summed E-state index contributed by atoms with van der Waals surface area (Å²) in [6.07, 6.45) is 0.885. The molecule has 3 rings (SSSR count). The van der Waals surface area contributed by atoms with Gasteiger partial charge in [-0.3, -0.25) is 4.79 Å². The van der Waals surface area contributed by atoms with Crippen LogP contribution >= 0.6 is 0 Å². The van der Waals surface area contributed by atoms with E-state index in [0.717, 1.165) is 30.6 Å². The van der Waals surface area contributed by atoms with Gasteiger partial charge in [0.25, 0.3) is 0 Å². The SMILES string of the molecule is CCNC1CCN(c2cccc3ccccc23)C1=O. The molecule has 1 N–H and O–H groups in total. The molecule has 0 spiro atoms. The lowest BCUT2D eigenvalue weighted by Crippen LogP contribution is -2.38. The highest BCUT2D eigenvalue weighted by Gasteiger charge is 2.32. The molecule has 0 aliphatic carbocycles. The molecular weight excluding hydrogens is 236 g/mol. The van der Waals surface area contributed by atoms with Crippen LogP contribution < -0.4 is 10.2 Å². The lowest BCUT2D eigenvalue weighted by molar-refractivity contribution is -0.118. The fraction of sp³-hybridized carbons (Fsp3) is 0.312. The predicted octanol–water partition coefficient (Wildman–Crippen LogP) is 2.55. The van der Waals surface area contributed by atoms with Crippen molar-refractivity contribution in [1.29, 1.82) is 0 Å². The van der Waals surface area contributed by atoms with Gasteiger partial charge in [0.15, 0.2) is 0 Å². The minimum atomic E-state index is -0.0241. The average molecular weight is 254 g/mol. The van der Waals surface area contributed by atoms with Crippen LogP contribution in [0.25, 0.3) is 10.8 Å².